The van der Waals surface area contributed by atoms with E-state index >= 15 is 0 Å². The summed E-state index contributed by atoms with van der Waals surface area (Å²) in [7, 11) is 0. The average molecular weight is 229 g/mol. The number of fused-ring (bicyclic) bond motifs is 1. The Balaban J connectivity index is 2.03. The van der Waals surface area contributed by atoms with Crippen molar-refractivity contribution >= 4 is 11.0 Å². The fraction of sp³-hybridized carbons (Fsp3) is 0.500. The van der Waals surface area contributed by atoms with Crippen LogP contribution in [0.2, 0.25) is 0 Å². The van der Waals surface area contributed by atoms with E-state index in [0.717, 1.165) is 24.4 Å². The van der Waals surface area contributed by atoms with E-state index in [1.165, 1.54) is 29.5 Å². The van der Waals surface area contributed by atoms with Crippen molar-refractivity contribution in [3.8, 4) is 0 Å². The SMILES string of the molecule is Cc1cc(C)c2nc(C3CCCNC3)[nH]c2c1. The van der Waals surface area contributed by atoms with Gasteiger partial charge < -0.3 is 10.3 Å². The summed E-state index contributed by atoms with van der Waals surface area (Å²) >= 11 is 0. The van der Waals surface area contributed by atoms with Crippen LogP contribution >= 0.6 is 0 Å². The quantitative estimate of drug-likeness (QED) is 0.789. The molecular weight excluding hydrogens is 210 g/mol. The molecule has 90 valence electrons. The second kappa shape index (κ2) is 4.15. The molecule has 1 atom stereocenters. The number of hydrogen-bond acceptors (Lipinski definition) is 2. The van der Waals surface area contributed by atoms with Gasteiger partial charge in [0.25, 0.3) is 0 Å². The van der Waals surface area contributed by atoms with E-state index in [1.807, 2.05) is 0 Å². The summed E-state index contributed by atoms with van der Waals surface area (Å²) in [6.45, 7) is 6.47. The number of aryl methyl sites for hydroxylation is 2. The van der Waals surface area contributed by atoms with E-state index in [0.29, 0.717) is 5.92 Å². The van der Waals surface area contributed by atoms with Crippen LogP contribution in [0.1, 0.15) is 35.7 Å². The van der Waals surface area contributed by atoms with Gasteiger partial charge in [-0.1, -0.05) is 6.07 Å². The Bertz CT molecular complexity index is 536. The van der Waals surface area contributed by atoms with Gasteiger partial charge in [-0.25, -0.2) is 4.98 Å². The zero-order valence-electron chi connectivity index (χ0n) is 10.5. The second-order valence-corrected chi connectivity index (χ2v) is 5.14. The first-order chi connectivity index (χ1) is 8.24. The van der Waals surface area contributed by atoms with Crippen molar-refractivity contribution in [2.45, 2.75) is 32.6 Å². The van der Waals surface area contributed by atoms with Crippen molar-refractivity contribution < 1.29 is 0 Å². The molecule has 3 nitrogen and oxygen atoms in total. The standard InChI is InChI=1S/C14H19N3/c1-9-6-10(2)13-12(7-9)16-14(17-13)11-4-3-5-15-8-11/h6-7,11,15H,3-5,8H2,1-2H3,(H,16,17). The molecule has 1 aliphatic rings. The summed E-state index contributed by atoms with van der Waals surface area (Å²) in [5.74, 6) is 1.71. The fourth-order valence-electron chi connectivity index (χ4n) is 2.77. The number of rotatable bonds is 1. The fourth-order valence-corrected chi connectivity index (χ4v) is 2.77. The molecule has 0 radical (unpaired) electrons. The topological polar surface area (TPSA) is 40.7 Å². The first kappa shape index (κ1) is 10.8. The first-order valence-electron chi connectivity index (χ1n) is 6.41. The van der Waals surface area contributed by atoms with E-state index in [-0.39, 0.29) is 0 Å². The molecule has 0 spiro atoms. The number of piperidine rings is 1. The summed E-state index contributed by atoms with van der Waals surface area (Å²) in [6, 6.07) is 4.39. The third-order valence-corrected chi connectivity index (χ3v) is 3.62. The number of aromatic nitrogens is 2. The predicted octanol–water partition coefficient (Wildman–Crippen LogP) is 2.65. The van der Waals surface area contributed by atoms with E-state index in [1.54, 1.807) is 0 Å². The first-order valence-corrected chi connectivity index (χ1v) is 6.41. The molecular formula is C14H19N3. The van der Waals surface area contributed by atoms with Crippen LogP contribution in [0.15, 0.2) is 12.1 Å². The molecule has 17 heavy (non-hydrogen) atoms. The summed E-state index contributed by atoms with van der Waals surface area (Å²) in [4.78, 5) is 8.28. The van der Waals surface area contributed by atoms with Crippen LogP contribution in [-0.2, 0) is 0 Å². The number of imidazole rings is 1. The molecule has 1 unspecified atom stereocenters. The third-order valence-electron chi connectivity index (χ3n) is 3.62. The number of hydrogen-bond donors (Lipinski definition) is 2. The predicted molar refractivity (Wildman–Crippen MR) is 70.4 cm³/mol. The molecule has 0 saturated carbocycles. The lowest BCUT2D eigenvalue weighted by Gasteiger charge is -2.20. The van der Waals surface area contributed by atoms with Gasteiger partial charge in [0, 0.05) is 12.5 Å². The van der Waals surface area contributed by atoms with Crippen molar-refractivity contribution in [1.82, 2.24) is 15.3 Å². The third kappa shape index (κ3) is 1.95. The Morgan fingerprint density at radius 3 is 2.94 bits per heavy atom. The number of nitrogens with zero attached hydrogens (tertiary/aromatic N) is 1. The molecule has 0 aliphatic carbocycles. The van der Waals surface area contributed by atoms with Crippen molar-refractivity contribution in [3.63, 3.8) is 0 Å². The summed E-state index contributed by atoms with van der Waals surface area (Å²) < 4.78 is 0. The van der Waals surface area contributed by atoms with E-state index in [4.69, 9.17) is 4.98 Å². The van der Waals surface area contributed by atoms with Gasteiger partial charge in [-0.15, -0.1) is 0 Å². The lowest BCUT2D eigenvalue weighted by Crippen LogP contribution is -2.28. The highest BCUT2D eigenvalue weighted by atomic mass is 15.0. The largest absolute Gasteiger partial charge is 0.342 e. The van der Waals surface area contributed by atoms with Crippen LogP contribution in [-0.4, -0.2) is 23.1 Å². The van der Waals surface area contributed by atoms with Crippen LogP contribution in [0.5, 0.6) is 0 Å². The number of aromatic amines is 1. The second-order valence-electron chi connectivity index (χ2n) is 5.14. The highest BCUT2D eigenvalue weighted by molar-refractivity contribution is 5.79. The summed E-state index contributed by atoms with van der Waals surface area (Å²) in [5, 5.41) is 3.44. The zero-order valence-corrected chi connectivity index (χ0v) is 10.5. The molecule has 1 aromatic heterocycles. The van der Waals surface area contributed by atoms with Gasteiger partial charge in [0.05, 0.1) is 11.0 Å². The minimum absolute atomic E-state index is 0.552. The molecule has 2 N–H and O–H groups in total. The van der Waals surface area contributed by atoms with Crippen LogP contribution in [0.25, 0.3) is 11.0 Å². The van der Waals surface area contributed by atoms with E-state index in [9.17, 15) is 0 Å². The van der Waals surface area contributed by atoms with Gasteiger partial charge in [-0.05, 0) is 50.4 Å². The molecule has 0 bridgehead atoms. The Morgan fingerprint density at radius 1 is 1.29 bits per heavy atom. The maximum atomic E-state index is 4.78. The molecule has 3 rings (SSSR count). The minimum atomic E-state index is 0.552. The maximum Gasteiger partial charge on any atom is 0.111 e. The summed E-state index contributed by atoms with van der Waals surface area (Å²) in [6.07, 6.45) is 2.49. The molecule has 1 aromatic carbocycles. The Hall–Kier alpha value is -1.35. The van der Waals surface area contributed by atoms with Crippen molar-refractivity contribution in [1.29, 1.82) is 0 Å². The van der Waals surface area contributed by atoms with Crippen molar-refractivity contribution in [2.75, 3.05) is 13.1 Å². The van der Waals surface area contributed by atoms with Crippen LogP contribution in [0, 0.1) is 13.8 Å². The van der Waals surface area contributed by atoms with Gasteiger partial charge in [-0.2, -0.15) is 0 Å². The van der Waals surface area contributed by atoms with Gasteiger partial charge in [0.15, 0.2) is 0 Å². The van der Waals surface area contributed by atoms with Gasteiger partial charge in [0.1, 0.15) is 5.82 Å². The smallest absolute Gasteiger partial charge is 0.111 e. The Labute approximate surface area is 102 Å². The molecule has 2 aromatic rings. The monoisotopic (exact) mass is 229 g/mol. The molecule has 1 aliphatic heterocycles. The van der Waals surface area contributed by atoms with Gasteiger partial charge in [0.2, 0.25) is 0 Å². The van der Waals surface area contributed by atoms with Crippen molar-refractivity contribution in [3.05, 3.63) is 29.1 Å². The van der Waals surface area contributed by atoms with Crippen LogP contribution < -0.4 is 5.32 Å². The lowest BCUT2D eigenvalue weighted by molar-refractivity contribution is 0.449. The molecule has 0 amide bonds. The number of nitrogens with one attached hydrogen (secondary N) is 2. The van der Waals surface area contributed by atoms with Crippen LogP contribution in [0.3, 0.4) is 0 Å². The lowest BCUT2D eigenvalue weighted by atomic mass is 9.99. The number of H-pyrrole nitrogens is 1. The zero-order chi connectivity index (χ0) is 11.8. The van der Waals surface area contributed by atoms with Crippen LogP contribution in [0.4, 0.5) is 0 Å². The normalized spacial score (nSPS) is 20.9. The van der Waals surface area contributed by atoms with Crippen molar-refractivity contribution in [2.24, 2.45) is 0 Å². The Kier molecular flexibility index (Phi) is 2.63. The molecule has 1 saturated heterocycles. The van der Waals surface area contributed by atoms with E-state index < -0.39 is 0 Å². The minimum Gasteiger partial charge on any atom is -0.342 e. The highest BCUT2D eigenvalue weighted by Gasteiger charge is 2.18. The van der Waals surface area contributed by atoms with E-state index in [2.05, 4.69) is 36.3 Å². The summed E-state index contributed by atoms with van der Waals surface area (Å²) in [5.41, 5.74) is 4.89. The molecule has 3 heteroatoms. The highest BCUT2D eigenvalue weighted by Crippen LogP contribution is 2.25. The Morgan fingerprint density at radius 2 is 2.18 bits per heavy atom. The maximum absolute atomic E-state index is 4.78. The van der Waals surface area contributed by atoms with Gasteiger partial charge >= 0.3 is 0 Å². The van der Waals surface area contributed by atoms with Gasteiger partial charge in [-0.3, -0.25) is 0 Å². The average Bonchev–Trinajstić information content (AvgIpc) is 2.74. The molecule has 2 heterocycles. The molecule has 1 fully saturated rings. The number of benzene rings is 1.